The number of thiocarbonyl (C=S) groups is 1. The molecule has 18 heavy (non-hydrogen) atoms. The number of nitrogens with zero attached hydrogens (tertiary/aromatic N) is 3. The van der Waals surface area contributed by atoms with E-state index < -0.39 is 0 Å². The van der Waals surface area contributed by atoms with Gasteiger partial charge >= 0.3 is 0 Å². The Morgan fingerprint density at radius 3 is 2.94 bits per heavy atom. The highest BCUT2D eigenvalue weighted by atomic mass is 35.5. The van der Waals surface area contributed by atoms with Crippen molar-refractivity contribution in [1.29, 1.82) is 0 Å². The number of rotatable bonds is 5. The Balaban J connectivity index is 1.95. The first-order valence-corrected chi connectivity index (χ1v) is 6.13. The zero-order valence-electron chi connectivity index (χ0n) is 9.51. The maximum Gasteiger partial charge on any atom is 0.104 e. The van der Waals surface area contributed by atoms with Crippen LogP contribution >= 0.6 is 23.8 Å². The molecule has 1 aromatic carbocycles. The Morgan fingerprint density at radius 2 is 2.33 bits per heavy atom. The van der Waals surface area contributed by atoms with Gasteiger partial charge in [0.25, 0.3) is 0 Å². The zero-order chi connectivity index (χ0) is 13.0. The van der Waals surface area contributed by atoms with Gasteiger partial charge in [0, 0.05) is 18.3 Å². The number of halogens is 1. The number of benzene rings is 1. The average Bonchev–Trinajstić information content (AvgIpc) is 2.84. The number of nitrogens with one attached hydrogen (secondary N) is 1. The van der Waals surface area contributed by atoms with E-state index in [1.807, 2.05) is 12.1 Å². The fraction of sp³-hybridized carbons (Fsp3) is 0.182. The number of hydrogen-bond acceptors (Lipinski definition) is 4. The summed E-state index contributed by atoms with van der Waals surface area (Å²) in [5.41, 5.74) is 7.14. The predicted octanol–water partition coefficient (Wildman–Crippen LogP) is 1.68. The summed E-state index contributed by atoms with van der Waals surface area (Å²) in [7, 11) is 0. The van der Waals surface area contributed by atoms with Crippen LogP contribution in [0.3, 0.4) is 0 Å². The van der Waals surface area contributed by atoms with Gasteiger partial charge in [0.2, 0.25) is 0 Å². The van der Waals surface area contributed by atoms with E-state index >= 15 is 0 Å². The van der Waals surface area contributed by atoms with E-state index in [4.69, 9.17) is 29.6 Å². The van der Waals surface area contributed by atoms with E-state index in [-0.39, 0.29) is 0 Å². The second-order valence-electron chi connectivity index (χ2n) is 3.65. The summed E-state index contributed by atoms with van der Waals surface area (Å²) in [5, 5.41) is 11.4. The number of hydrogen-bond donors (Lipinski definition) is 2. The molecule has 0 aliphatic heterocycles. The molecule has 5 nitrogen and oxygen atoms in total. The number of anilines is 1. The van der Waals surface area contributed by atoms with Gasteiger partial charge < -0.3 is 11.1 Å². The summed E-state index contributed by atoms with van der Waals surface area (Å²) < 4.78 is 1.74. The van der Waals surface area contributed by atoms with Crippen molar-refractivity contribution < 1.29 is 0 Å². The molecule has 0 aliphatic rings. The van der Waals surface area contributed by atoms with Gasteiger partial charge in [-0.25, -0.2) is 0 Å². The highest BCUT2D eigenvalue weighted by Crippen LogP contribution is 2.22. The predicted molar refractivity (Wildman–Crippen MR) is 75.9 cm³/mol. The molecule has 0 fully saturated rings. The van der Waals surface area contributed by atoms with Gasteiger partial charge in [-0.2, -0.15) is 0 Å². The molecule has 0 saturated heterocycles. The Bertz CT molecular complexity index is 540. The summed E-state index contributed by atoms with van der Waals surface area (Å²) in [6.07, 6.45) is 3.45. The molecular weight excluding hydrogens is 270 g/mol. The lowest BCUT2D eigenvalue weighted by Crippen LogP contribution is -2.12. The van der Waals surface area contributed by atoms with Crippen molar-refractivity contribution in [3.63, 3.8) is 0 Å². The Hall–Kier alpha value is -1.66. The second-order valence-corrected chi connectivity index (χ2v) is 4.50. The van der Waals surface area contributed by atoms with Crippen LogP contribution in [0.1, 0.15) is 5.56 Å². The monoisotopic (exact) mass is 281 g/mol. The lowest BCUT2D eigenvalue weighted by molar-refractivity contribution is 0.609. The normalized spacial score (nSPS) is 10.3. The van der Waals surface area contributed by atoms with Crippen LogP contribution in [0, 0.1) is 0 Å². The van der Waals surface area contributed by atoms with Crippen LogP contribution in [0.15, 0.2) is 30.6 Å². The SMILES string of the molecule is NC(=S)c1ccc(NCCn2ccnn2)c(Cl)c1. The molecule has 0 aliphatic carbocycles. The van der Waals surface area contributed by atoms with Gasteiger partial charge in [-0.1, -0.05) is 29.0 Å². The minimum atomic E-state index is 0.339. The van der Waals surface area contributed by atoms with Crippen LogP contribution in [0.25, 0.3) is 0 Å². The number of aromatic nitrogens is 3. The van der Waals surface area contributed by atoms with Crippen LogP contribution in [0.5, 0.6) is 0 Å². The molecule has 7 heteroatoms. The van der Waals surface area contributed by atoms with Crippen molar-refractivity contribution in [2.45, 2.75) is 6.54 Å². The molecule has 0 bridgehead atoms. The van der Waals surface area contributed by atoms with Crippen LogP contribution < -0.4 is 11.1 Å². The third-order valence-corrected chi connectivity index (χ3v) is 2.93. The standard InChI is InChI=1S/C11H12ClN5S/c12-9-7-8(11(13)18)1-2-10(9)14-3-5-17-6-4-15-16-17/h1-2,4,6-7,14H,3,5H2,(H2,13,18). The molecule has 2 aromatic rings. The quantitative estimate of drug-likeness (QED) is 0.816. The Kier molecular flexibility index (Phi) is 4.11. The van der Waals surface area contributed by atoms with Crippen LogP contribution in [-0.4, -0.2) is 26.5 Å². The molecule has 0 atom stereocenters. The minimum Gasteiger partial charge on any atom is -0.389 e. The molecule has 0 unspecified atom stereocenters. The summed E-state index contributed by atoms with van der Waals surface area (Å²) in [6, 6.07) is 5.45. The first-order valence-electron chi connectivity index (χ1n) is 5.34. The fourth-order valence-corrected chi connectivity index (χ4v) is 1.84. The van der Waals surface area contributed by atoms with Gasteiger partial charge in [0.05, 0.1) is 23.5 Å². The maximum absolute atomic E-state index is 6.12. The average molecular weight is 282 g/mol. The molecule has 94 valence electrons. The first-order chi connectivity index (χ1) is 8.66. The molecular formula is C11H12ClN5S. The van der Waals surface area contributed by atoms with Crippen LogP contribution in [-0.2, 0) is 6.54 Å². The lowest BCUT2D eigenvalue weighted by Gasteiger charge is -2.09. The van der Waals surface area contributed by atoms with Crippen molar-refractivity contribution >= 4 is 34.5 Å². The molecule has 0 saturated carbocycles. The minimum absolute atomic E-state index is 0.339. The Morgan fingerprint density at radius 1 is 1.50 bits per heavy atom. The third-order valence-electron chi connectivity index (χ3n) is 2.38. The van der Waals surface area contributed by atoms with Gasteiger partial charge in [0.1, 0.15) is 4.99 Å². The highest BCUT2D eigenvalue weighted by molar-refractivity contribution is 7.80. The lowest BCUT2D eigenvalue weighted by atomic mass is 10.2. The van der Waals surface area contributed by atoms with Gasteiger partial charge in [0.15, 0.2) is 0 Å². The largest absolute Gasteiger partial charge is 0.389 e. The molecule has 0 spiro atoms. The van der Waals surface area contributed by atoms with Gasteiger partial charge in [-0.05, 0) is 18.2 Å². The van der Waals surface area contributed by atoms with E-state index in [1.54, 1.807) is 23.1 Å². The smallest absolute Gasteiger partial charge is 0.104 e. The third kappa shape index (κ3) is 3.18. The fourth-order valence-electron chi connectivity index (χ4n) is 1.47. The Labute approximate surface area is 115 Å². The van der Waals surface area contributed by atoms with Crippen molar-refractivity contribution in [2.24, 2.45) is 5.73 Å². The second kappa shape index (κ2) is 5.79. The zero-order valence-corrected chi connectivity index (χ0v) is 11.1. The summed E-state index contributed by atoms with van der Waals surface area (Å²) in [4.78, 5) is 0.339. The van der Waals surface area contributed by atoms with Gasteiger partial charge in [-0.3, -0.25) is 4.68 Å². The molecule has 3 N–H and O–H groups in total. The topological polar surface area (TPSA) is 68.8 Å². The number of nitrogens with two attached hydrogens (primary N) is 1. The van der Waals surface area contributed by atoms with Crippen LogP contribution in [0.2, 0.25) is 5.02 Å². The van der Waals surface area contributed by atoms with E-state index in [2.05, 4.69) is 15.6 Å². The summed E-state index contributed by atoms with van der Waals surface area (Å²) >= 11 is 11.0. The molecule has 1 aromatic heterocycles. The molecule has 1 heterocycles. The van der Waals surface area contributed by atoms with Gasteiger partial charge in [-0.15, -0.1) is 5.10 Å². The first kappa shape index (κ1) is 12.8. The van der Waals surface area contributed by atoms with Crippen molar-refractivity contribution in [1.82, 2.24) is 15.0 Å². The van der Waals surface area contributed by atoms with E-state index in [0.29, 0.717) is 23.1 Å². The van der Waals surface area contributed by atoms with Crippen LogP contribution in [0.4, 0.5) is 5.69 Å². The summed E-state index contributed by atoms with van der Waals surface area (Å²) in [6.45, 7) is 1.42. The maximum atomic E-state index is 6.12. The highest BCUT2D eigenvalue weighted by Gasteiger charge is 2.03. The molecule has 0 radical (unpaired) electrons. The molecule has 0 amide bonds. The molecule has 2 rings (SSSR count). The van der Waals surface area contributed by atoms with E-state index in [1.165, 1.54) is 0 Å². The van der Waals surface area contributed by atoms with E-state index in [9.17, 15) is 0 Å². The van der Waals surface area contributed by atoms with Crippen molar-refractivity contribution in [3.05, 3.63) is 41.2 Å². The summed E-state index contributed by atoms with van der Waals surface area (Å²) in [5.74, 6) is 0. The van der Waals surface area contributed by atoms with Crippen molar-refractivity contribution in [2.75, 3.05) is 11.9 Å². The van der Waals surface area contributed by atoms with E-state index in [0.717, 1.165) is 11.3 Å². The van der Waals surface area contributed by atoms with Crippen molar-refractivity contribution in [3.8, 4) is 0 Å².